The standard InChI is InChI=1S/C18H24N4O2/c1-3-22-14(2)17(11-20-22)18(23)21(13-16-8-6-10-24-16)12-15-7-4-5-9-19-15/h4-5,7,9,11,16H,3,6,8,10,12-13H2,1-2H3. The Kier molecular flexibility index (Phi) is 5.25. The van der Waals surface area contributed by atoms with Gasteiger partial charge in [0, 0.05) is 31.6 Å². The Bertz CT molecular complexity index is 678. The Morgan fingerprint density at radius 1 is 1.46 bits per heavy atom. The molecule has 0 aliphatic carbocycles. The molecule has 0 radical (unpaired) electrons. The highest BCUT2D eigenvalue weighted by atomic mass is 16.5. The van der Waals surface area contributed by atoms with Gasteiger partial charge in [-0.05, 0) is 38.8 Å². The molecule has 128 valence electrons. The molecule has 3 heterocycles. The van der Waals surface area contributed by atoms with Gasteiger partial charge in [-0.2, -0.15) is 5.10 Å². The predicted molar refractivity (Wildman–Crippen MR) is 90.6 cm³/mol. The molecule has 2 aromatic rings. The normalized spacial score (nSPS) is 17.2. The van der Waals surface area contributed by atoms with E-state index in [9.17, 15) is 4.79 Å². The van der Waals surface area contributed by atoms with Crippen LogP contribution in [0.15, 0.2) is 30.6 Å². The number of carbonyl (C=O) groups is 1. The third kappa shape index (κ3) is 3.64. The zero-order chi connectivity index (χ0) is 16.9. The quantitative estimate of drug-likeness (QED) is 0.817. The van der Waals surface area contributed by atoms with Crippen LogP contribution in [0.25, 0.3) is 0 Å². The van der Waals surface area contributed by atoms with Gasteiger partial charge in [0.25, 0.3) is 5.91 Å². The molecule has 6 nitrogen and oxygen atoms in total. The molecule has 0 spiro atoms. The first-order valence-electron chi connectivity index (χ1n) is 8.52. The molecule has 0 bridgehead atoms. The lowest BCUT2D eigenvalue weighted by molar-refractivity contribution is 0.0503. The van der Waals surface area contributed by atoms with Crippen LogP contribution < -0.4 is 0 Å². The van der Waals surface area contributed by atoms with Crippen LogP contribution in [0.3, 0.4) is 0 Å². The number of carbonyl (C=O) groups excluding carboxylic acids is 1. The summed E-state index contributed by atoms with van der Waals surface area (Å²) in [5, 5.41) is 4.30. The SMILES string of the molecule is CCn1ncc(C(=O)N(Cc2ccccn2)CC2CCCO2)c1C. The Morgan fingerprint density at radius 3 is 2.96 bits per heavy atom. The van der Waals surface area contributed by atoms with Crippen LogP contribution in [0.1, 0.15) is 41.5 Å². The number of amides is 1. The number of aromatic nitrogens is 3. The number of ether oxygens (including phenoxy) is 1. The number of rotatable bonds is 6. The lowest BCUT2D eigenvalue weighted by Gasteiger charge is -2.25. The van der Waals surface area contributed by atoms with E-state index >= 15 is 0 Å². The Balaban J connectivity index is 1.81. The molecule has 0 aromatic carbocycles. The second-order valence-corrected chi connectivity index (χ2v) is 6.10. The molecular weight excluding hydrogens is 304 g/mol. The van der Waals surface area contributed by atoms with Gasteiger partial charge < -0.3 is 9.64 Å². The van der Waals surface area contributed by atoms with Crippen LogP contribution in [0.4, 0.5) is 0 Å². The predicted octanol–water partition coefficient (Wildman–Crippen LogP) is 2.43. The van der Waals surface area contributed by atoms with Gasteiger partial charge in [0.15, 0.2) is 0 Å². The van der Waals surface area contributed by atoms with Crippen LogP contribution in [0, 0.1) is 6.92 Å². The minimum absolute atomic E-state index is 0.00615. The zero-order valence-electron chi connectivity index (χ0n) is 14.3. The second-order valence-electron chi connectivity index (χ2n) is 6.10. The summed E-state index contributed by atoms with van der Waals surface area (Å²) in [7, 11) is 0. The van der Waals surface area contributed by atoms with Gasteiger partial charge in [0.1, 0.15) is 0 Å². The fourth-order valence-electron chi connectivity index (χ4n) is 3.09. The van der Waals surface area contributed by atoms with E-state index in [1.165, 1.54) is 0 Å². The molecule has 1 saturated heterocycles. The van der Waals surface area contributed by atoms with Crippen molar-refractivity contribution in [1.82, 2.24) is 19.7 Å². The number of hydrogen-bond acceptors (Lipinski definition) is 4. The lowest BCUT2D eigenvalue weighted by atomic mass is 10.1. The van der Waals surface area contributed by atoms with Crippen molar-refractivity contribution in [3.8, 4) is 0 Å². The average molecular weight is 328 g/mol. The highest BCUT2D eigenvalue weighted by Crippen LogP contribution is 2.18. The molecule has 0 saturated carbocycles. The fourth-order valence-corrected chi connectivity index (χ4v) is 3.09. The summed E-state index contributed by atoms with van der Waals surface area (Å²) in [4.78, 5) is 19.3. The molecule has 0 N–H and O–H groups in total. The number of pyridine rings is 1. The summed E-state index contributed by atoms with van der Waals surface area (Å²) in [6.45, 7) is 6.57. The van der Waals surface area contributed by atoms with Crippen LogP contribution in [0.5, 0.6) is 0 Å². The summed E-state index contributed by atoms with van der Waals surface area (Å²) >= 11 is 0. The van der Waals surface area contributed by atoms with E-state index in [0.717, 1.165) is 37.4 Å². The van der Waals surface area contributed by atoms with Crippen molar-refractivity contribution in [2.75, 3.05) is 13.2 Å². The van der Waals surface area contributed by atoms with Crippen molar-refractivity contribution in [2.24, 2.45) is 0 Å². The molecule has 24 heavy (non-hydrogen) atoms. The van der Waals surface area contributed by atoms with Gasteiger partial charge >= 0.3 is 0 Å². The molecular formula is C18H24N4O2. The monoisotopic (exact) mass is 328 g/mol. The maximum Gasteiger partial charge on any atom is 0.257 e. The molecule has 1 aliphatic rings. The second kappa shape index (κ2) is 7.57. The van der Waals surface area contributed by atoms with Crippen LogP contribution >= 0.6 is 0 Å². The average Bonchev–Trinajstić information content (AvgIpc) is 3.24. The van der Waals surface area contributed by atoms with Crippen LogP contribution in [-0.4, -0.2) is 44.8 Å². The smallest absolute Gasteiger partial charge is 0.257 e. The molecule has 1 amide bonds. The summed E-state index contributed by atoms with van der Waals surface area (Å²) < 4.78 is 7.57. The van der Waals surface area contributed by atoms with Crippen molar-refractivity contribution in [2.45, 2.75) is 45.9 Å². The maximum atomic E-state index is 13.1. The number of hydrogen-bond donors (Lipinski definition) is 0. The first-order chi connectivity index (χ1) is 11.7. The first-order valence-corrected chi connectivity index (χ1v) is 8.52. The van der Waals surface area contributed by atoms with E-state index in [-0.39, 0.29) is 12.0 Å². The zero-order valence-corrected chi connectivity index (χ0v) is 14.3. The third-order valence-corrected chi connectivity index (χ3v) is 4.45. The Labute approximate surface area is 142 Å². The molecule has 1 aliphatic heterocycles. The van der Waals surface area contributed by atoms with Gasteiger partial charge in [0.2, 0.25) is 0 Å². The number of aryl methyl sites for hydroxylation is 1. The fraction of sp³-hybridized carbons (Fsp3) is 0.500. The van der Waals surface area contributed by atoms with Gasteiger partial charge in [-0.25, -0.2) is 0 Å². The Morgan fingerprint density at radius 2 is 2.33 bits per heavy atom. The molecule has 1 unspecified atom stereocenters. The molecule has 1 fully saturated rings. The van der Waals surface area contributed by atoms with E-state index in [0.29, 0.717) is 18.7 Å². The molecule has 2 aromatic heterocycles. The van der Waals surface area contributed by atoms with Gasteiger partial charge in [-0.15, -0.1) is 0 Å². The van der Waals surface area contributed by atoms with Gasteiger partial charge in [0.05, 0.1) is 30.1 Å². The van der Waals surface area contributed by atoms with E-state index in [4.69, 9.17) is 4.74 Å². The highest BCUT2D eigenvalue weighted by molar-refractivity contribution is 5.95. The van der Waals surface area contributed by atoms with E-state index < -0.39 is 0 Å². The highest BCUT2D eigenvalue weighted by Gasteiger charge is 2.26. The molecule has 6 heteroatoms. The van der Waals surface area contributed by atoms with Gasteiger partial charge in [-0.1, -0.05) is 6.07 Å². The van der Waals surface area contributed by atoms with Crippen molar-refractivity contribution in [3.63, 3.8) is 0 Å². The van der Waals surface area contributed by atoms with Gasteiger partial charge in [-0.3, -0.25) is 14.5 Å². The van der Waals surface area contributed by atoms with Crippen molar-refractivity contribution in [1.29, 1.82) is 0 Å². The van der Waals surface area contributed by atoms with Crippen molar-refractivity contribution >= 4 is 5.91 Å². The van der Waals surface area contributed by atoms with Crippen molar-refractivity contribution < 1.29 is 9.53 Å². The lowest BCUT2D eigenvalue weighted by Crippen LogP contribution is -2.37. The Hall–Kier alpha value is -2.21. The minimum Gasteiger partial charge on any atom is -0.376 e. The van der Waals surface area contributed by atoms with E-state index in [1.807, 2.05) is 41.6 Å². The summed E-state index contributed by atoms with van der Waals surface area (Å²) in [6, 6.07) is 5.76. The van der Waals surface area contributed by atoms with Crippen LogP contribution in [0.2, 0.25) is 0 Å². The summed E-state index contributed by atoms with van der Waals surface area (Å²) in [6.07, 6.45) is 5.59. The summed E-state index contributed by atoms with van der Waals surface area (Å²) in [5.41, 5.74) is 2.44. The minimum atomic E-state index is -0.00615. The topological polar surface area (TPSA) is 60.2 Å². The van der Waals surface area contributed by atoms with Crippen LogP contribution in [-0.2, 0) is 17.8 Å². The molecule has 3 rings (SSSR count). The summed E-state index contributed by atoms with van der Waals surface area (Å²) in [5.74, 6) is -0.00615. The van der Waals surface area contributed by atoms with Crippen molar-refractivity contribution in [3.05, 3.63) is 47.5 Å². The van der Waals surface area contributed by atoms with E-state index in [1.54, 1.807) is 12.4 Å². The molecule has 1 atom stereocenters. The van der Waals surface area contributed by atoms with E-state index in [2.05, 4.69) is 10.1 Å². The third-order valence-electron chi connectivity index (χ3n) is 4.45. The largest absolute Gasteiger partial charge is 0.376 e. The maximum absolute atomic E-state index is 13.1. The number of nitrogens with zero attached hydrogens (tertiary/aromatic N) is 4. The first kappa shape index (κ1) is 16.6.